The molecule has 1 saturated heterocycles. The molecule has 1 aliphatic heterocycles. The van der Waals surface area contributed by atoms with E-state index in [0.29, 0.717) is 60.6 Å². The fraction of sp³-hybridized carbons (Fsp3) is 0.226. The number of nitrogens with two attached hydrogens (primary N) is 2. The number of H-pyrrole nitrogens is 1. The van der Waals surface area contributed by atoms with Gasteiger partial charge < -0.3 is 30.7 Å². The fourth-order valence-electron chi connectivity index (χ4n) is 5.09. The number of imidazole rings is 1. The third-order valence-corrected chi connectivity index (χ3v) is 7.00. The molecule has 40 heavy (non-hydrogen) atoms. The molecule has 204 valence electrons. The van der Waals surface area contributed by atoms with E-state index in [1.165, 1.54) is 0 Å². The summed E-state index contributed by atoms with van der Waals surface area (Å²) in [6.45, 7) is 3.26. The zero-order valence-corrected chi connectivity index (χ0v) is 22.1. The minimum atomic E-state index is -0.756. The topological polar surface area (TPSA) is 121 Å². The maximum atomic E-state index is 16.4. The number of hydrogen-bond acceptors (Lipinski definition) is 7. The van der Waals surface area contributed by atoms with Gasteiger partial charge in [0.15, 0.2) is 11.6 Å². The van der Waals surface area contributed by atoms with Crippen LogP contribution in [0.25, 0.3) is 22.0 Å². The molecule has 6 rings (SSSR count). The van der Waals surface area contributed by atoms with Gasteiger partial charge in [-0.05, 0) is 48.2 Å². The highest BCUT2D eigenvalue weighted by Gasteiger charge is 2.30. The van der Waals surface area contributed by atoms with Gasteiger partial charge in [0.25, 0.3) is 0 Å². The van der Waals surface area contributed by atoms with E-state index in [0.717, 1.165) is 22.0 Å². The van der Waals surface area contributed by atoms with Crippen molar-refractivity contribution in [2.45, 2.75) is 25.4 Å². The molecule has 3 aromatic carbocycles. The Bertz CT molecular complexity index is 1650. The quantitative estimate of drug-likeness (QED) is 0.217. The van der Waals surface area contributed by atoms with Crippen LogP contribution in [0.4, 0.5) is 15.9 Å². The van der Waals surface area contributed by atoms with Crippen LogP contribution in [0.3, 0.4) is 0 Å². The molecule has 1 aliphatic rings. The van der Waals surface area contributed by atoms with E-state index in [2.05, 4.69) is 4.98 Å². The molecular weight excluding hydrogens is 509 g/mol. The molecule has 0 bridgehead atoms. The number of halogens is 1. The second kappa shape index (κ2) is 10.9. The Morgan fingerprint density at radius 2 is 1.95 bits per heavy atom. The van der Waals surface area contributed by atoms with E-state index in [1.54, 1.807) is 24.4 Å². The van der Waals surface area contributed by atoms with E-state index < -0.39 is 11.7 Å². The molecule has 0 spiro atoms. The summed E-state index contributed by atoms with van der Waals surface area (Å²) in [5.74, 6) is 0.101. The number of nitrogens with zero attached hydrogens (tertiary/aromatic N) is 2. The van der Waals surface area contributed by atoms with Crippen LogP contribution in [-0.2, 0) is 4.74 Å². The summed E-state index contributed by atoms with van der Waals surface area (Å²) >= 11 is 0. The van der Waals surface area contributed by atoms with Gasteiger partial charge in [-0.3, -0.25) is 0 Å². The standard InChI is InChI=1S/C31H30FN5O3/c1-2-39-22-14-24(29(32)27(15-22)40-21-10-11-38-17-21)28(31-35-16-26(37-31)18-6-4-3-5-7-18)25-13-19-12-20(33)8-9-23(19)30(34)36-25/h3-9,12-16,21,28H,2,10-11,17,33H2,1H3,(H2,34,36)(H,35,37)/t21-,28?/m1/s1. The van der Waals surface area contributed by atoms with Crippen molar-refractivity contribution in [2.75, 3.05) is 31.3 Å². The Labute approximate surface area is 231 Å². The Hall–Kier alpha value is -4.63. The van der Waals surface area contributed by atoms with Gasteiger partial charge in [0, 0.05) is 29.1 Å². The Morgan fingerprint density at radius 3 is 2.73 bits per heavy atom. The normalized spacial score (nSPS) is 15.8. The van der Waals surface area contributed by atoms with Gasteiger partial charge in [-0.15, -0.1) is 0 Å². The maximum Gasteiger partial charge on any atom is 0.169 e. The Balaban J connectivity index is 1.55. The number of nitrogens with one attached hydrogen (secondary N) is 1. The zero-order chi connectivity index (χ0) is 27.6. The number of fused-ring (bicyclic) bond motifs is 1. The number of rotatable bonds is 8. The van der Waals surface area contributed by atoms with Crippen LogP contribution >= 0.6 is 0 Å². The average molecular weight is 540 g/mol. The van der Waals surface area contributed by atoms with Crippen molar-refractivity contribution in [3.8, 4) is 22.8 Å². The number of pyridine rings is 1. The number of benzene rings is 3. The lowest BCUT2D eigenvalue weighted by molar-refractivity contribution is 0.137. The van der Waals surface area contributed by atoms with Gasteiger partial charge in [0.05, 0.1) is 43.3 Å². The zero-order valence-electron chi connectivity index (χ0n) is 22.1. The highest BCUT2D eigenvalue weighted by molar-refractivity contribution is 5.93. The third-order valence-electron chi connectivity index (χ3n) is 7.00. The van der Waals surface area contributed by atoms with Crippen molar-refractivity contribution in [3.63, 3.8) is 0 Å². The lowest BCUT2D eigenvalue weighted by Crippen LogP contribution is -2.18. The molecule has 2 aromatic heterocycles. The van der Waals surface area contributed by atoms with Gasteiger partial charge >= 0.3 is 0 Å². The predicted molar refractivity (Wildman–Crippen MR) is 153 cm³/mol. The molecule has 2 atom stereocenters. The van der Waals surface area contributed by atoms with Gasteiger partial charge in [-0.25, -0.2) is 14.4 Å². The lowest BCUT2D eigenvalue weighted by atomic mass is 9.92. The Kier molecular flexibility index (Phi) is 6.96. The van der Waals surface area contributed by atoms with E-state index in [9.17, 15) is 0 Å². The first kappa shape index (κ1) is 25.6. The first-order chi connectivity index (χ1) is 19.5. The van der Waals surface area contributed by atoms with Gasteiger partial charge in [0.1, 0.15) is 23.5 Å². The minimum Gasteiger partial charge on any atom is -0.494 e. The summed E-state index contributed by atoms with van der Waals surface area (Å²) in [6, 6.07) is 20.4. The van der Waals surface area contributed by atoms with E-state index in [1.807, 2.05) is 55.5 Å². The third kappa shape index (κ3) is 5.03. The smallest absolute Gasteiger partial charge is 0.169 e. The number of aromatic nitrogens is 3. The van der Waals surface area contributed by atoms with Crippen LogP contribution in [0.2, 0.25) is 0 Å². The summed E-state index contributed by atoms with van der Waals surface area (Å²) in [7, 11) is 0. The highest BCUT2D eigenvalue weighted by Crippen LogP contribution is 2.40. The molecular formula is C31H30FN5O3. The molecule has 0 aliphatic carbocycles. The van der Waals surface area contributed by atoms with E-state index in [4.69, 9.17) is 35.6 Å². The second-order valence-electron chi connectivity index (χ2n) is 9.76. The molecule has 0 amide bonds. The van der Waals surface area contributed by atoms with Crippen LogP contribution in [0.5, 0.6) is 11.5 Å². The van der Waals surface area contributed by atoms with Gasteiger partial charge in [-0.1, -0.05) is 30.3 Å². The van der Waals surface area contributed by atoms with Crippen LogP contribution in [0.1, 0.15) is 36.3 Å². The first-order valence-corrected chi connectivity index (χ1v) is 13.3. The van der Waals surface area contributed by atoms with Crippen molar-refractivity contribution in [3.05, 3.63) is 95.8 Å². The number of ether oxygens (including phenoxy) is 3. The number of aromatic amines is 1. The first-order valence-electron chi connectivity index (χ1n) is 13.3. The summed E-state index contributed by atoms with van der Waals surface area (Å²) in [5, 5.41) is 1.55. The number of anilines is 2. The fourth-order valence-corrected chi connectivity index (χ4v) is 5.09. The predicted octanol–water partition coefficient (Wildman–Crippen LogP) is 5.68. The summed E-state index contributed by atoms with van der Waals surface area (Å²) in [5.41, 5.74) is 15.6. The molecule has 1 unspecified atom stereocenters. The largest absolute Gasteiger partial charge is 0.494 e. The van der Waals surface area contributed by atoms with Crippen molar-refractivity contribution < 1.29 is 18.6 Å². The van der Waals surface area contributed by atoms with Crippen LogP contribution < -0.4 is 20.9 Å². The minimum absolute atomic E-state index is 0.0919. The maximum absolute atomic E-state index is 16.4. The van der Waals surface area contributed by atoms with E-state index >= 15 is 4.39 Å². The van der Waals surface area contributed by atoms with Crippen LogP contribution in [0, 0.1) is 5.82 Å². The lowest BCUT2D eigenvalue weighted by Gasteiger charge is -2.21. The molecule has 1 fully saturated rings. The molecule has 5 aromatic rings. The Morgan fingerprint density at radius 1 is 1.10 bits per heavy atom. The summed E-state index contributed by atoms with van der Waals surface area (Å²) in [4.78, 5) is 12.8. The van der Waals surface area contributed by atoms with Crippen molar-refractivity contribution in [1.82, 2.24) is 15.0 Å². The molecule has 3 heterocycles. The molecule has 8 nitrogen and oxygen atoms in total. The molecule has 5 N–H and O–H groups in total. The van der Waals surface area contributed by atoms with Crippen molar-refractivity contribution in [2.24, 2.45) is 0 Å². The second-order valence-corrected chi connectivity index (χ2v) is 9.76. The SMILES string of the molecule is CCOc1cc(O[C@@H]2CCOC2)c(F)c(C(c2cc3cc(N)ccc3c(N)n2)c2ncc(-c3ccccc3)[nH]2)c1. The van der Waals surface area contributed by atoms with E-state index in [-0.39, 0.29) is 11.9 Å². The highest BCUT2D eigenvalue weighted by atomic mass is 19.1. The van der Waals surface area contributed by atoms with Crippen LogP contribution in [0.15, 0.2) is 72.9 Å². The molecule has 0 saturated carbocycles. The van der Waals surface area contributed by atoms with Crippen molar-refractivity contribution >= 4 is 22.3 Å². The summed E-state index contributed by atoms with van der Waals surface area (Å²) in [6.07, 6.45) is 2.17. The van der Waals surface area contributed by atoms with Crippen molar-refractivity contribution in [1.29, 1.82) is 0 Å². The van der Waals surface area contributed by atoms with Gasteiger partial charge in [-0.2, -0.15) is 0 Å². The monoisotopic (exact) mass is 539 g/mol. The van der Waals surface area contributed by atoms with Gasteiger partial charge in [0.2, 0.25) is 0 Å². The van der Waals surface area contributed by atoms with Crippen LogP contribution in [-0.4, -0.2) is 40.9 Å². The number of hydrogen-bond donors (Lipinski definition) is 3. The molecule has 0 radical (unpaired) electrons. The molecule has 9 heteroatoms. The summed E-state index contributed by atoms with van der Waals surface area (Å²) < 4.78 is 33.8. The number of nitrogen functional groups attached to an aromatic ring is 2. The average Bonchev–Trinajstić information content (AvgIpc) is 3.65.